The van der Waals surface area contributed by atoms with Crippen LogP contribution < -0.4 is 15.5 Å². The van der Waals surface area contributed by atoms with Crippen LogP contribution in [0.1, 0.15) is 24.7 Å². The summed E-state index contributed by atoms with van der Waals surface area (Å²) in [7, 11) is 1.78. The smallest absolute Gasteiger partial charge is 0.191 e. The summed E-state index contributed by atoms with van der Waals surface area (Å²) in [5.74, 6) is 2.69. The van der Waals surface area contributed by atoms with Crippen LogP contribution in [-0.2, 0) is 17.9 Å². The number of nitrogens with one attached hydrogen (secondary N) is 2. The van der Waals surface area contributed by atoms with Crippen molar-refractivity contribution in [2.24, 2.45) is 4.99 Å². The predicted molar refractivity (Wildman–Crippen MR) is 120 cm³/mol. The van der Waals surface area contributed by atoms with Gasteiger partial charge in [0.1, 0.15) is 18.2 Å². The molecule has 2 aromatic rings. The Kier molecular flexibility index (Phi) is 8.99. The molecule has 1 aliphatic heterocycles. The van der Waals surface area contributed by atoms with Gasteiger partial charge in [-0.05, 0) is 36.7 Å². The molecule has 8 nitrogen and oxygen atoms in total. The van der Waals surface area contributed by atoms with E-state index in [1.165, 1.54) is 0 Å². The van der Waals surface area contributed by atoms with Crippen molar-refractivity contribution in [2.75, 3.05) is 57.8 Å². The van der Waals surface area contributed by atoms with Crippen molar-refractivity contribution in [1.82, 2.24) is 20.5 Å². The number of piperazine rings is 1. The highest BCUT2D eigenvalue weighted by molar-refractivity contribution is 5.79. The molecule has 0 radical (unpaired) electrons. The molecule has 1 aliphatic rings. The van der Waals surface area contributed by atoms with Crippen LogP contribution in [0.25, 0.3) is 0 Å². The Morgan fingerprint density at radius 3 is 2.73 bits per heavy atom. The molecule has 2 aromatic heterocycles. The fraction of sp³-hybridized carbons (Fsp3) is 0.545. The fourth-order valence-corrected chi connectivity index (χ4v) is 3.36. The SMILES string of the molecule is CCN1CCN(c2ccc(CNC(=NC)NCCCOCc3ccco3)cn2)CC1. The van der Waals surface area contributed by atoms with Crippen molar-refractivity contribution in [2.45, 2.75) is 26.5 Å². The maximum Gasteiger partial charge on any atom is 0.191 e. The lowest BCUT2D eigenvalue weighted by molar-refractivity contribution is 0.105. The number of furan rings is 1. The molecule has 0 spiro atoms. The molecule has 0 atom stereocenters. The van der Waals surface area contributed by atoms with E-state index in [0.717, 1.165) is 68.8 Å². The van der Waals surface area contributed by atoms with Gasteiger partial charge in [-0.1, -0.05) is 13.0 Å². The van der Waals surface area contributed by atoms with Gasteiger partial charge < -0.3 is 29.6 Å². The normalized spacial score (nSPS) is 15.4. The maximum absolute atomic E-state index is 5.59. The molecular weight excluding hydrogens is 380 g/mol. The maximum atomic E-state index is 5.59. The second kappa shape index (κ2) is 12.2. The average Bonchev–Trinajstić information content (AvgIpc) is 3.32. The van der Waals surface area contributed by atoms with Gasteiger partial charge in [0.05, 0.1) is 6.26 Å². The molecule has 8 heteroatoms. The van der Waals surface area contributed by atoms with Gasteiger partial charge in [0.2, 0.25) is 0 Å². The van der Waals surface area contributed by atoms with Gasteiger partial charge in [0, 0.05) is 59.1 Å². The largest absolute Gasteiger partial charge is 0.467 e. The van der Waals surface area contributed by atoms with Crippen LogP contribution in [0.4, 0.5) is 5.82 Å². The highest BCUT2D eigenvalue weighted by Gasteiger charge is 2.16. The van der Waals surface area contributed by atoms with Crippen LogP contribution in [0, 0.1) is 0 Å². The lowest BCUT2D eigenvalue weighted by atomic mass is 10.2. The van der Waals surface area contributed by atoms with Gasteiger partial charge in [0.15, 0.2) is 5.96 Å². The summed E-state index contributed by atoms with van der Waals surface area (Å²) < 4.78 is 10.8. The molecule has 30 heavy (non-hydrogen) atoms. The third-order valence-electron chi connectivity index (χ3n) is 5.22. The molecule has 2 N–H and O–H groups in total. The van der Waals surface area contributed by atoms with Crippen LogP contribution in [0.15, 0.2) is 46.1 Å². The predicted octanol–water partition coefficient (Wildman–Crippen LogP) is 2.09. The summed E-state index contributed by atoms with van der Waals surface area (Å²) in [4.78, 5) is 13.8. The topological polar surface area (TPSA) is 78.2 Å². The lowest BCUT2D eigenvalue weighted by Gasteiger charge is -2.34. The summed E-state index contributed by atoms with van der Waals surface area (Å²) in [6.45, 7) is 10.3. The third kappa shape index (κ3) is 7.03. The summed E-state index contributed by atoms with van der Waals surface area (Å²) in [6.07, 6.45) is 4.50. The zero-order valence-corrected chi connectivity index (χ0v) is 18.1. The monoisotopic (exact) mass is 414 g/mol. The van der Waals surface area contributed by atoms with Crippen LogP contribution in [0.3, 0.4) is 0 Å². The fourth-order valence-electron chi connectivity index (χ4n) is 3.36. The van der Waals surface area contributed by atoms with E-state index in [2.05, 4.69) is 49.5 Å². The minimum atomic E-state index is 0.511. The van der Waals surface area contributed by atoms with Crippen molar-refractivity contribution < 1.29 is 9.15 Å². The van der Waals surface area contributed by atoms with E-state index in [4.69, 9.17) is 9.15 Å². The van der Waals surface area contributed by atoms with E-state index in [9.17, 15) is 0 Å². The lowest BCUT2D eigenvalue weighted by Crippen LogP contribution is -2.46. The minimum Gasteiger partial charge on any atom is -0.467 e. The number of anilines is 1. The Bertz CT molecular complexity index is 739. The second-order valence-electron chi connectivity index (χ2n) is 7.28. The number of hydrogen-bond donors (Lipinski definition) is 2. The van der Waals surface area contributed by atoms with Crippen molar-refractivity contribution >= 4 is 11.8 Å². The second-order valence-corrected chi connectivity index (χ2v) is 7.28. The molecule has 0 amide bonds. The summed E-state index contributed by atoms with van der Waals surface area (Å²) in [6, 6.07) is 8.03. The van der Waals surface area contributed by atoms with E-state index >= 15 is 0 Å². The number of ether oxygens (including phenoxy) is 1. The van der Waals surface area contributed by atoms with Gasteiger partial charge in [-0.25, -0.2) is 4.98 Å². The van der Waals surface area contributed by atoms with Gasteiger partial charge in [-0.3, -0.25) is 4.99 Å². The molecule has 0 bridgehead atoms. The van der Waals surface area contributed by atoms with Crippen molar-refractivity contribution in [3.8, 4) is 0 Å². The highest BCUT2D eigenvalue weighted by Crippen LogP contribution is 2.14. The first-order valence-corrected chi connectivity index (χ1v) is 10.8. The Labute approximate surface area is 179 Å². The number of likely N-dealkylation sites (N-methyl/N-ethyl adjacent to an activating group) is 1. The zero-order chi connectivity index (χ0) is 21.0. The number of nitrogens with zero attached hydrogens (tertiary/aromatic N) is 4. The average molecular weight is 415 g/mol. The van der Waals surface area contributed by atoms with E-state index in [0.29, 0.717) is 19.8 Å². The quantitative estimate of drug-likeness (QED) is 0.350. The van der Waals surface area contributed by atoms with E-state index in [-0.39, 0.29) is 0 Å². The van der Waals surface area contributed by atoms with E-state index in [1.54, 1.807) is 13.3 Å². The van der Waals surface area contributed by atoms with Crippen LogP contribution >= 0.6 is 0 Å². The molecule has 0 unspecified atom stereocenters. The molecule has 3 heterocycles. The molecule has 1 saturated heterocycles. The van der Waals surface area contributed by atoms with Crippen LogP contribution in [-0.4, -0.2) is 68.8 Å². The van der Waals surface area contributed by atoms with Crippen molar-refractivity contribution in [1.29, 1.82) is 0 Å². The Morgan fingerprint density at radius 1 is 1.20 bits per heavy atom. The number of guanidine groups is 1. The highest BCUT2D eigenvalue weighted by atomic mass is 16.5. The molecule has 1 fully saturated rings. The third-order valence-corrected chi connectivity index (χ3v) is 5.22. The van der Waals surface area contributed by atoms with Crippen LogP contribution in [0.2, 0.25) is 0 Å². The summed E-state index contributed by atoms with van der Waals surface area (Å²) >= 11 is 0. The van der Waals surface area contributed by atoms with E-state index < -0.39 is 0 Å². The van der Waals surface area contributed by atoms with Gasteiger partial charge in [-0.2, -0.15) is 0 Å². The van der Waals surface area contributed by atoms with Crippen LogP contribution in [0.5, 0.6) is 0 Å². The molecule has 164 valence electrons. The Morgan fingerprint density at radius 2 is 2.07 bits per heavy atom. The Balaban J connectivity index is 1.31. The van der Waals surface area contributed by atoms with Gasteiger partial charge in [0.25, 0.3) is 0 Å². The van der Waals surface area contributed by atoms with Crippen molar-refractivity contribution in [3.05, 3.63) is 48.0 Å². The molecule has 0 aliphatic carbocycles. The summed E-state index contributed by atoms with van der Waals surface area (Å²) in [5, 5.41) is 6.64. The number of rotatable bonds is 10. The van der Waals surface area contributed by atoms with Gasteiger partial charge >= 0.3 is 0 Å². The standard InChI is InChI=1S/C22H34N6O2/c1-3-27-10-12-28(13-11-27)21-8-7-19(16-25-21)17-26-22(23-2)24-9-5-14-29-18-20-6-4-15-30-20/h4,6-8,15-16H,3,5,9-14,17-18H2,1-2H3,(H2,23,24,26). The first-order valence-electron chi connectivity index (χ1n) is 10.8. The van der Waals surface area contributed by atoms with Gasteiger partial charge in [-0.15, -0.1) is 0 Å². The Hall–Kier alpha value is -2.58. The van der Waals surface area contributed by atoms with E-state index in [1.807, 2.05) is 18.3 Å². The number of aliphatic imine (C=N–C) groups is 1. The summed E-state index contributed by atoms with van der Waals surface area (Å²) in [5.41, 5.74) is 1.13. The molecular formula is C22H34N6O2. The first-order chi connectivity index (χ1) is 14.8. The number of aromatic nitrogens is 1. The molecule has 3 rings (SSSR count). The number of hydrogen-bond acceptors (Lipinski definition) is 6. The zero-order valence-electron chi connectivity index (χ0n) is 18.1. The molecule has 0 aromatic carbocycles. The first kappa shape index (κ1) is 22.1. The minimum absolute atomic E-state index is 0.511. The van der Waals surface area contributed by atoms with Crippen molar-refractivity contribution in [3.63, 3.8) is 0 Å². The number of pyridine rings is 1. The molecule has 0 saturated carbocycles.